The Labute approximate surface area is 202 Å². The van der Waals surface area contributed by atoms with E-state index in [1.54, 1.807) is 6.92 Å². The Morgan fingerprint density at radius 3 is 2.20 bits per heavy atom. The maximum atomic E-state index is 14.7. The van der Waals surface area contributed by atoms with Gasteiger partial charge in [0.15, 0.2) is 0 Å². The standard InChI is InChI=1S/C27H25FN2O5/c1-2-30(14-13-25(31)32)26(33)17-11-12-24(23(28)15-17)29-27(34)35-16-22-20-9-5-3-7-18(20)19-8-4-6-10-21(19)22/h3-12,15,22H,2,13-14,16H2,1H3,(H,29,34)(H,31,32). The number of rotatable bonds is 8. The fourth-order valence-corrected chi connectivity index (χ4v) is 4.31. The number of amides is 2. The van der Waals surface area contributed by atoms with Crippen molar-refractivity contribution in [3.8, 4) is 11.1 Å². The van der Waals surface area contributed by atoms with Gasteiger partial charge in [-0.3, -0.25) is 14.9 Å². The molecular formula is C27H25FN2O5. The van der Waals surface area contributed by atoms with Gasteiger partial charge in [-0.25, -0.2) is 9.18 Å². The van der Waals surface area contributed by atoms with Gasteiger partial charge in [0, 0.05) is 24.6 Å². The minimum atomic E-state index is -1.02. The van der Waals surface area contributed by atoms with Crippen LogP contribution in [0.25, 0.3) is 11.1 Å². The van der Waals surface area contributed by atoms with E-state index in [1.807, 2.05) is 48.5 Å². The number of ether oxygens (including phenoxy) is 1. The molecule has 1 aliphatic rings. The first-order chi connectivity index (χ1) is 16.9. The molecule has 2 amide bonds. The van der Waals surface area contributed by atoms with Gasteiger partial charge in [0.05, 0.1) is 12.1 Å². The van der Waals surface area contributed by atoms with Crippen LogP contribution in [0.3, 0.4) is 0 Å². The lowest BCUT2D eigenvalue weighted by Gasteiger charge is -2.20. The second-order valence-electron chi connectivity index (χ2n) is 8.17. The van der Waals surface area contributed by atoms with Crippen LogP contribution >= 0.6 is 0 Å². The summed E-state index contributed by atoms with van der Waals surface area (Å²) in [5.74, 6) is -2.42. The number of fused-ring (bicyclic) bond motifs is 3. The highest BCUT2D eigenvalue weighted by Gasteiger charge is 2.29. The van der Waals surface area contributed by atoms with E-state index >= 15 is 0 Å². The lowest BCUT2D eigenvalue weighted by molar-refractivity contribution is -0.137. The third-order valence-corrected chi connectivity index (χ3v) is 6.06. The zero-order valence-corrected chi connectivity index (χ0v) is 19.2. The van der Waals surface area contributed by atoms with Crippen molar-refractivity contribution >= 4 is 23.7 Å². The summed E-state index contributed by atoms with van der Waals surface area (Å²) >= 11 is 0. The molecule has 8 heteroatoms. The van der Waals surface area contributed by atoms with Crippen molar-refractivity contribution in [3.05, 3.63) is 89.2 Å². The molecule has 0 aromatic heterocycles. The minimum Gasteiger partial charge on any atom is -0.481 e. The van der Waals surface area contributed by atoms with Gasteiger partial charge in [0.25, 0.3) is 5.91 Å². The maximum Gasteiger partial charge on any atom is 0.411 e. The molecule has 0 saturated carbocycles. The number of benzene rings is 3. The number of carbonyl (C=O) groups is 3. The molecule has 0 saturated heterocycles. The molecule has 1 aliphatic carbocycles. The fraction of sp³-hybridized carbons (Fsp3) is 0.222. The van der Waals surface area contributed by atoms with Crippen LogP contribution in [0.1, 0.15) is 40.7 Å². The monoisotopic (exact) mass is 476 g/mol. The lowest BCUT2D eigenvalue weighted by atomic mass is 9.98. The number of carboxylic acids is 1. The minimum absolute atomic E-state index is 0.0199. The lowest BCUT2D eigenvalue weighted by Crippen LogP contribution is -2.33. The zero-order valence-electron chi connectivity index (χ0n) is 19.2. The van der Waals surface area contributed by atoms with Crippen LogP contribution in [0, 0.1) is 5.82 Å². The van der Waals surface area contributed by atoms with Crippen molar-refractivity contribution in [2.45, 2.75) is 19.3 Å². The van der Waals surface area contributed by atoms with Crippen molar-refractivity contribution in [2.75, 3.05) is 25.0 Å². The number of nitrogens with one attached hydrogen (secondary N) is 1. The number of hydrogen-bond acceptors (Lipinski definition) is 4. The summed E-state index contributed by atoms with van der Waals surface area (Å²) in [5, 5.41) is 11.2. The third-order valence-electron chi connectivity index (χ3n) is 6.06. The topological polar surface area (TPSA) is 95.9 Å². The highest BCUT2D eigenvalue weighted by molar-refractivity contribution is 5.95. The van der Waals surface area contributed by atoms with Gasteiger partial charge in [-0.1, -0.05) is 48.5 Å². The van der Waals surface area contributed by atoms with E-state index in [4.69, 9.17) is 9.84 Å². The average Bonchev–Trinajstić information content (AvgIpc) is 3.18. The molecule has 0 aliphatic heterocycles. The van der Waals surface area contributed by atoms with Gasteiger partial charge in [-0.2, -0.15) is 0 Å². The molecule has 3 aromatic rings. The van der Waals surface area contributed by atoms with Crippen molar-refractivity contribution in [1.29, 1.82) is 0 Å². The summed E-state index contributed by atoms with van der Waals surface area (Å²) in [4.78, 5) is 37.1. The quantitative estimate of drug-likeness (QED) is 0.470. The highest BCUT2D eigenvalue weighted by Crippen LogP contribution is 2.44. The smallest absolute Gasteiger partial charge is 0.411 e. The molecule has 7 nitrogen and oxygen atoms in total. The van der Waals surface area contributed by atoms with Crippen LogP contribution in [0.4, 0.5) is 14.9 Å². The number of aliphatic carboxylic acids is 1. The van der Waals surface area contributed by atoms with Crippen molar-refractivity contribution < 1.29 is 28.6 Å². The molecule has 4 rings (SSSR count). The predicted molar refractivity (Wildman–Crippen MR) is 129 cm³/mol. The molecule has 2 N–H and O–H groups in total. The van der Waals surface area contributed by atoms with Crippen LogP contribution < -0.4 is 5.32 Å². The van der Waals surface area contributed by atoms with E-state index in [-0.39, 0.29) is 43.3 Å². The fourth-order valence-electron chi connectivity index (χ4n) is 4.31. The van der Waals surface area contributed by atoms with Gasteiger partial charge in [0.1, 0.15) is 12.4 Å². The van der Waals surface area contributed by atoms with E-state index in [2.05, 4.69) is 5.32 Å². The van der Waals surface area contributed by atoms with Crippen LogP contribution in [0.5, 0.6) is 0 Å². The van der Waals surface area contributed by atoms with Gasteiger partial charge < -0.3 is 14.7 Å². The Balaban J connectivity index is 1.40. The van der Waals surface area contributed by atoms with Crippen LogP contribution in [0.2, 0.25) is 0 Å². The molecule has 180 valence electrons. The Kier molecular flexibility index (Phi) is 7.10. The van der Waals surface area contributed by atoms with Crippen LogP contribution in [-0.4, -0.2) is 47.7 Å². The summed E-state index contributed by atoms with van der Waals surface area (Å²) in [5.41, 5.74) is 4.29. The second-order valence-corrected chi connectivity index (χ2v) is 8.17. The molecule has 0 unspecified atom stereocenters. The molecule has 0 radical (unpaired) electrons. The Bertz CT molecular complexity index is 1230. The summed E-state index contributed by atoms with van der Waals surface area (Å²) in [6.07, 6.45) is -1.01. The maximum absolute atomic E-state index is 14.7. The van der Waals surface area contributed by atoms with Gasteiger partial charge in [0.2, 0.25) is 0 Å². The Morgan fingerprint density at radius 2 is 1.63 bits per heavy atom. The van der Waals surface area contributed by atoms with Gasteiger partial charge in [-0.05, 0) is 47.4 Å². The molecule has 0 fully saturated rings. The average molecular weight is 477 g/mol. The molecule has 3 aromatic carbocycles. The van der Waals surface area contributed by atoms with Crippen molar-refractivity contribution in [1.82, 2.24) is 4.90 Å². The molecule has 0 bridgehead atoms. The van der Waals surface area contributed by atoms with Crippen LogP contribution in [0.15, 0.2) is 66.7 Å². The highest BCUT2D eigenvalue weighted by atomic mass is 19.1. The third kappa shape index (κ3) is 5.16. The van der Waals surface area contributed by atoms with Crippen LogP contribution in [-0.2, 0) is 9.53 Å². The Morgan fingerprint density at radius 1 is 1.00 bits per heavy atom. The first-order valence-corrected chi connectivity index (χ1v) is 11.3. The first kappa shape index (κ1) is 23.9. The van der Waals surface area contributed by atoms with E-state index in [9.17, 15) is 18.8 Å². The number of carboxylic acid groups (broad SMARTS) is 1. The summed E-state index contributed by atoms with van der Waals surface area (Å²) in [7, 11) is 0. The SMILES string of the molecule is CCN(CCC(=O)O)C(=O)c1ccc(NC(=O)OCC2c3ccccc3-c3ccccc32)c(F)c1. The molecule has 35 heavy (non-hydrogen) atoms. The Hall–Kier alpha value is -4.20. The predicted octanol–water partition coefficient (Wildman–Crippen LogP) is 5.12. The summed E-state index contributed by atoms with van der Waals surface area (Å²) in [6.45, 7) is 2.11. The number of halogens is 1. The van der Waals surface area contributed by atoms with E-state index in [0.29, 0.717) is 0 Å². The van der Waals surface area contributed by atoms with E-state index < -0.39 is 23.8 Å². The number of anilines is 1. The number of carbonyl (C=O) groups excluding carboxylic acids is 2. The number of nitrogens with zero attached hydrogens (tertiary/aromatic N) is 1. The molecule has 0 spiro atoms. The second kappa shape index (κ2) is 10.4. The normalized spacial score (nSPS) is 11.9. The number of hydrogen-bond donors (Lipinski definition) is 2. The molecule has 0 atom stereocenters. The zero-order chi connectivity index (χ0) is 24.9. The van der Waals surface area contributed by atoms with Gasteiger partial charge >= 0.3 is 12.1 Å². The summed E-state index contributed by atoms with van der Waals surface area (Å²) in [6, 6.07) is 19.6. The van der Waals surface area contributed by atoms with E-state index in [1.165, 1.54) is 17.0 Å². The molecule has 0 heterocycles. The van der Waals surface area contributed by atoms with Crippen molar-refractivity contribution in [2.24, 2.45) is 0 Å². The first-order valence-electron chi connectivity index (χ1n) is 11.3. The summed E-state index contributed by atoms with van der Waals surface area (Å²) < 4.78 is 20.1. The molecular weight excluding hydrogens is 451 g/mol. The van der Waals surface area contributed by atoms with Crippen molar-refractivity contribution in [3.63, 3.8) is 0 Å². The van der Waals surface area contributed by atoms with E-state index in [0.717, 1.165) is 28.3 Å². The largest absolute Gasteiger partial charge is 0.481 e. The van der Waals surface area contributed by atoms with Gasteiger partial charge in [-0.15, -0.1) is 0 Å².